The standard InChI is InChI=1S/C16H18N6O/c1-21(2)15-18-13(11-8-6-5-7-9-11)12(10-17)14(19-15)20-16(23)22(3)4/h5-9H,1-4H3,(H,18,19,20,23). The molecule has 0 aliphatic heterocycles. The molecule has 0 spiro atoms. The summed E-state index contributed by atoms with van der Waals surface area (Å²) < 4.78 is 0. The molecule has 2 rings (SSSR count). The number of nitrogens with zero attached hydrogens (tertiary/aromatic N) is 5. The number of rotatable bonds is 3. The Morgan fingerprint density at radius 2 is 1.78 bits per heavy atom. The van der Waals surface area contributed by atoms with E-state index in [0.717, 1.165) is 5.56 Å². The number of benzene rings is 1. The molecule has 118 valence electrons. The maximum Gasteiger partial charge on any atom is 0.322 e. The number of hydrogen-bond acceptors (Lipinski definition) is 5. The SMILES string of the molecule is CN(C)C(=O)Nc1nc(N(C)C)nc(-c2ccccc2)c1C#N. The lowest BCUT2D eigenvalue weighted by Crippen LogP contribution is -2.28. The van der Waals surface area contributed by atoms with Crippen LogP contribution in [0.15, 0.2) is 30.3 Å². The van der Waals surface area contributed by atoms with E-state index < -0.39 is 0 Å². The van der Waals surface area contributed by atoms with Crippen molar-refractivity contribution in [3.8, 4) is 17.3 Å². The van der Waals surface area contributed by atoms with Crippen LogP contribution in [0.2, 0.25) is 0 Å². The maximum absolute atomic E-state index is 11.9. The zero-order chi connectivity index (χ0) is 17.0. The number of hydrogen-bond donors (Lipinski definition) is 1. The lowest BCUT2D eigenvalue weighted by Gasteiger charge is -2.17. The lowest BCUT2D eigenvalue weighted by molar-refractivity contribution is 0.230. The summed E-state index contributed by atoms with van der Waals surface area (Å²) in [6.07, 6.45) is 0. The Balaban J connectivity index is 2.64. The number of carbonyl (C=O) groups excluding carboxylic acids is 1. The van der Waals surface area contributed by atoms with E-state index in [2.05, 4.69) is 21.4 Å². The summed E-state index contributed by atoms with van der Waals surface area (Å²) in [7, 11) is 6.84. The molecule has 1 aromatic carbocycles. The predicted octanol–water partition coefficient (Wildman–Crippen LogP) is 2.17. The molecule has 7 heteroatoms. The molecule has 0 bridgehead atoms. The van der Waals surface area contributed by atoms with E-state index in [0.29, 0.717) is 11.6 Å². The van der Waals surface area contributed by atoms with Crippen LogP contribution in [0, 0.1) is 11.3 Å². The summed E-state index contributed by atoms with van der Waals surface area (Å²) in [5, 5.41) is 12.2. The van der Waals surface area contributed by atoms with Gasteiger partial charge in [-0.25, -0.2) is 9.78 Å². The van der Waals surface area contributed by atoms with Crippen molar-refractivity contribution in [3.63, 3.8) is 0 Å². The summed E-state index contributed by atoms with van der Waals surface area (Å²) in [6, 6.07) is 11.1. The topological polar surface area (TPSA) is 85.2 Å². The Hall–Kier alpha value is -3.14. The molecule has 0 saturated carbocycles. The van der Waals surface area contributed by atoms with Gasteiger partial charge < -0.3 is 9.80 Å². The van der Waals surface area contributed by atoms with Crippen LogP contribution in [-0.4, -0.2) is 49.1 Å². The van der Waals surface area contributed by atoms with Crippen molar-refractivity contribution >= 4 is 17.8 Å². The first-order chi connectivity index (χ1) is 10.9. The summed E-state index contributed by atoms with van der Waals surface area (Å²) in [5.41, 5.74) is 1.51. The highest BCUT2D eigenvalue weighted by Crippen LogP contribution is 2.28. The average Bonchev–Trinajstić information content (AvgIpc) is 2.54. The Kier molecular flexibility index (Phi) is 4.76. The zero-order valence-corrected chi connectivity index (χ0v) is 13.5. The first-order valence-corrected chi connectivity index (χ1v) is 6.97. The summed E-state index contributed by atoms with van der Waals surface area (Å²) in [5.74, 6) is 0.612. The van der Waals surface area contributed by atoms with Gasteiger partial charge in [0.05, 0.1) is 5.69 Å². The number of aromatic nitrogens is 2. The van der Waals surface area contributed by atoms with E-state index >= 15 is 0 Å². The van der Waals surface area contributed by atoms with Crippen molar-refractivity contribution in [2.75, 3.05) is 38.4 Å². The molecule has 1 heterocycles. The lowest BCUT2D eigenvalue weighted by atomic mass is 10.1. The first kappa shape index (κ1) is 16.2. The molecular formula is C16H18N6O. The monoisotopic (exact) mass is 310 g/mol. The van der Waals surface area contributed by atoms with Crippen LogP contribution >= 0.6 is 0 Å². The number of urea groups is 1. The number of amides is 2. The van der Waals surface area contributed by atoms with Gasteiger partial charge in [0.15, 0.2) is 5.82 Å². The third kappa shape index (κ3) is 3.55. The second kappa shape index (κ2) is 6.75. The van der Waals surface area contributed by atoms with E-state index in [1.807, 2.05) is 30.3 Å². The predicted molar refractivity (Wildman–Crippen MR) is 89.2 cm³/mol. The quantitative estimate of drug-likeness (QED) is 0.939. The van der Waals surface area contributed by atoms with Gasteiger partial charge in [-0.1, -0.05) is 30.3 Å². The van der Waals surface area contributed by atoms with E-state index in [-0.39, 0.29) is 17.4 Å². The van der Waals surface area contributed by atoms with Gasteiger partial charge in [0.1, 0.15) is 11.6 Å². The fourth-order valence-corrected chi connectivity index (χ4v) is 1.86. The number of nitriles is 1. The number of nitrogens with one attached hydrogen (secondary N) is 1. The Morgan fingerprint density at radius 3 is 2.30 bits per heavy atom. The van der Waals surface area contributed by atoms with Gasteiger partial charge in [-0.15, -0.1) is 0 Å². The molecule has 2 amide bonds. The van der Waals surface area contributed by atoms with Crippen molar-refractivity contribution in [2.45, 2.75) is 0 Å². The third-order valence-corrected chi connectivity index (χ3v) is 3.09. The van der Waals surface area contributed by atoms with Crippen LogP contribution < -0.4 is 10.2 Å². The second-order valence-electron chi connectivity index (χ2n) is 5.29. The van der Waals surface area contributed by atoms with Crippen molar-refractivity contribution in [2.24, 2.45) is 0 Å². The molecular weight excluding hydrogens is 292 g/mol. The molecule has 0 atom stereocenters. The van der Waals surface area contributed by atoms with Crippen molar-refractivity contribution in [3.05, 3.63) is 35.9 Å². The van der Waals surface area contributed by atoms with Gasteiger partial charge in [0.25, 0.3) is 0 Å². The maximum atomic E-state index is 11.9. The molecule has 23 heavy (non-hydrogen) atoms. The fraction of sp³-hybridized carbons (Fsp3) is 0.250. The molecule has 0 saturated heterocycles. The molecule has 0 radical (unpaired) electrons. The third-order valence-electron chi connectivity index (χ3n) is 3.09. The van der Waals surface area contributed by atoms with Crippen LogP contribution in [0.3, 0.4) is 0 Å². The van der Waals surface area contributed by atoms with Gasteiger partial charge in [-0.2, -0.15) is 10.2 Å². The summed E-state index contributed by atoms with van der Waals surface area (Å²) in [6.45, 7) is 0. The number of carbonyl (C=O) groups is 1. The molecule has 1 aromatic heterocycles. The highest BCUT2D eigenvalue weighted by Gasteiger charge is 2.19. The largest absolute Gasteiger partial charge is 0.347 e. The highest BCUT2D eigenvalue weighted by molar-refractivity contribution is 5.91. The summed E-state index contributed by atoms with van der Waals surface area (Å²) >= 11 is 0. The minimum absolute atomic E-state index is 0.198. The van der Waals surface area contributed by atoms with Crippen molar-refractivity contribution in [1.82, 2.24) is 14.9 Å². The molecule has 1 N–H and O–H groups in total. The van der Waals surface area contributed by atoms with Crippen LogP contribution in [0.25, 0.3) is 11.3 Å². The minimum atomic E-state index is -0.357. The Labute approximate surface area is 135 Å². The van der Waals surface area contributed by atoms with Crippen molar-refractivity contribution in [1.29, 1.82) is 5.26 Å². The molecule has 0 unspecified atom stereocenters. The van der Waals surface area contributed by atoms with Crippen LogP contribution in [0.1, 0.15) is 5.56 Å². The van der Waals surface area contributed by atoms with E-state index in [1.165, 1.54) is 4.90 Å². The van der Waals surface area contributed by atoms with Gasteiger partial charge in [-0.05, 0) is 0 Å². The Bertz CT molecular complexity index is 749. The molecule has 0 aliphatic rings. The van der Waals surface area contributed by atoms with E-state index in [9.17, 15) is 10.1 Å². The van der Waals surface area contributed by atoms with Crippen LogP contribution in [0.5, 0.6) is 0 Å². The van der Waals surface area contributed by atoms with E-state index in [4.69, 9.17) is 0 Å². The average molecular weight is 310 g/mol. The summed E-state index contributed by atoms with van der Waals surface area (Å²) in [4.78, 5) is 23.8. The second-order valence-corrected chi connectivity index (χ2v) is 5.29. The highest BCUT2D eigenvalue weighted by atomic mass is 16.2. The zero-order valence-electron chi connectivity index (χ0n) is 13.5. The molecule has 7 nitrogen and oxygen atoms in total. The molecule has 0 fully saturated rings. The van der Waals surface area contributed by atoms with Crippen LogP contribution in [0.4, 0.5) is 16.6 Å². The molecule has 0 aliphatic carbocycles. The van der Waals surface area contributed by atoms with Crippen molar-refractivity contribution < 1.29 is 4.79 Å². The normalized spacial score (nSPS) is 9.87. The smallest absolute Gasteiger partial charge is 0.322 e. The van der Waals surface area contributed by atoms with Crippen LogP contribution in [-0.2, 0) is 0 Å². The van der Waals surface area contributed by atoms with Gasteiger partial charge in [0, 0.05) is 33.8 Å². The van der Waals surface area contributed by atoms with Gasteiger partial charge >= 0.3 is 6.03 Å². The van der Waals surface area contributed by atoms with Gasteiger partial charge in [0.2, 0.25) is 5.95 Å². The van der Waals surface area contributed by atoms with E-state index in [1.54, 1.807) is 33.1 Å². The minimum Gasteiger partial charge on any atom is -0.347 e. The molecule has 2 aromatic rings. The fourth-order valence-electron chi connectivity index (χ4n) is 1.86. The number of anilines is 2. The first-order valence-electron chi connectivity index (χ1n) is 6.97. The Morgan fingerprint density at radius 1 is 1.13 bits per heavy atom. The van der Waals surface area contributed by atoms with Gasteiger partial charge in [-0.3, -0.25) is 5.32 Å².